The van der Waals surface area contributed by atoms with E-state index >= 15 is 0 Å². The number of thiazole rings is 1. The van der Waals surface area contributed by atoms with Gasteiger partial charge in [-0.2, -0.15) is 0 Å². The highest BCUT2D eigenvalue weighted by Crippen LogP contribution is 2.25. The number of aliphatic carboxylic acids is 1. The summed E-state index contributed by atoms with van der Waals surface area (Å²) in [5.41, 5.74) is 0.102. The molecular formula is C8H6N2O3S. The van der Waals surface area contributed by atoms with E-state index in [1.54, 1.807) is 11.6 Å². The molecule has 0 saturated carbocycles. The summed E-state index contributed by atoms with van der Waals surface area (Å²) in [7, 11) is 0. The first-order valence-corrected chi connectivity index (χ1v) is 4.72. The maximum atomic E-state index is 11.4. The van der Waals surface area contributed by atoms with Crippen molar-refractivity contribution in [2.45, 2.75) is 6.42 Å². The Hall–Kier alpha value is -1.69. The van der Waals surface area contributed by atoms with E-state index in [9.17, 15) is 9.59 Å². The Labute approximate surface area is 83.3 Å². The van der Waals surface area contributed by atoms with Crippen LogP contribution in [0.1, 0.15) is 6.42 Å². The van der Waals surface area contributed by atoms with Gasteiger partial charge >= 0.3 is 5.97 Å². The molecule has 0 saturated heterocycles. The summed E-state index contributed by atoms with van der Waals surface area (Å²) in [5.74, 6) is -1.31. The fourth-order valence-corrected chi connectivity index (χ4v) is 1.78. The number of anilines is 1. The van der Waals surface area contributed by atoms with Crippen molar-refractivity contribution in [3.8, 4) is 0 Å². The highest BCUT2D eigenvalue weighted by Gasteiger charge is 2.27. The summed E-state index contributed by atoms with van der Waals surface area (Å²) >= 11 is 1.29. The molecule has 5 nitrogen and oxygen atoms in total. The van der Waals surface area contributed by atoms with Crippen molar-refractivity contribution in [1.29, 1.82) is 0 Å². The van der Waals surface area contributed by atoms with E-state index in [1.807, 2.05) is 0 Å². The summed E-state index contributed by atoms with van der Waals surface area (Å²) in [5, 5.41) is 10.9. The first-order valence-electron chi connectivity index (χ1n) is 3.84. The maximum absolute atomic E-state index is 11.4. The van der Waals surface area contributed by atoms with Crippen molar-refractivity contribution in [2.24, 2.45) is 0 Å². The topological polar surface area (TPSA) is 70.5 Å². The van der Waals surface area contributed by atoms with E-state index in [-0.39, 0.29) is 17.9 Å². The highest BCUT2D eigenvalue weighted by molar-refractivity contribution is 7.13. The fraction of sp³-hybridized carbons (Fsp3) is 0.125. The van der Waals surface area contributed by atoms with Gasteiger partial charge in [-0.25, -0.2) is 9.78 Å². The summed E-state index contributed by atoms with van der Waals surface area (Å²) in [6.45, 7) is 0. The molecule has 1 N–H and O–H groups in total. The van der Waals surface area contributed by atoms with Gasteiger partial charge < -0.3 is 5.11 Å². The van der Waals surface area contributed by atoms with Gasteiger partial charge in [0.05, 0.1) is 12.0 Å². The third-order valence-electron chi connectivity index (χ3n) is 1.80. The van der Waals surface area contributed by atoms with Crippen LogP contribution in [0.2, 0.25) is 0 Å². The fourth-order valence-electron chi connectivity index (χ4n) is 1.15. The number of aromatic nitrogens is 1. The SMILES string of the molecule is O=C(O)C1=CN(c2nccs2)C(=O)C1. The largest absolute Gasteiger partial charge is 0.478 e. The zero-order valence-electron chi connectivity index (χ0n) is 7.01. The van der Waals surface area contributed by atoms with Crippen LogP contribution in [0.3, 0.4) is 0 Å². The third-order valence-corrected chi connectivity index (χ3v) is 2.57. The van der Waals surface area contributed by atoms with E-state index in [4.69, 9.17) is 5.11 Å². The van der Waals surface area contributed by atoms with Gasteiger partial charge in [0.25, 0.3) is 0 Å². The normalized spacial score (nSPS) is 15.9. The van der Waals surface area contributed by atoms with Crippen LogP contribution in [0.25, 0.3) is 0 Å². The molecule has 72 valence electrons. The maximum Gasteiger partial charge on any atom is 0.333 e. The molecule has 1 aliphatic rings. The van der Waals surface area contributed by atoms with Crippen LogP contribution in [-0.2, 0) is 9.59 Å². The van der Waals surface area contributed by atoms with Crippen molar-refractivity contribution in [1.82, 2.24) is 4.98 Å². The number of carboxylic acid groups (broad SMARTS) is 1. The lowest BCUT2D eigenvalue weighted by Crippen LogP contribution is -2.19. The predicted octanol–water partition coefficient (Wildman–Crippen LogP) is 0.848. The number of rotatable bonds is 2. The lowest BCUT2D eigenvalue weighted by atomic mass is 10.2. The van der Waals surface area contributed by atoms with E-state index in [0.717, 1.165) is 0 Å². The Morgan fingerprint density at radius 2 is 2.43 bits per heavy atom. The second-order valence-corrected chi connectivity index (χ2v) is 3.59. The molecule has 2 rings (SSSR count). The molecule has 0 aliphatic carbocycles. The molecule has 0 bridgehead atoms. The predicted molar refractivity (Wildman–Crippen MR) is 49.9 cm³/mol. The second-order valence-electron chi connectivity index (χ2n) is 2.71. The lowest BCUT2D eigenvalue weighted by molar-refractivity contribution is -0.133. The molecule has 0 aromatic carbocycles. The number of carbonyl (C=O) groups excluding carboxylic acids is 1. The van der Waals surface area contributed by atoms with Crippen molar-refractivity contribution in [3.63, 3.8) is 0 Å². The van der Waals surface area contributed by atoms with Crippen molar-refractivity contribution in [2.75, 3.05) is 4.90 Å². The molecule has 0 spiro atoms. The first kappa shape index (κ1) is 8.89. The molecule has 1 aliphatic heterocycles. The van der Waals surface area contributed by atoms with Gasteiger partial charge in [0.15, 0.2) is 5.13 Å². The van der Waals surface area contributed by atoms with E-state index in [0.29, 0.717) is 5.13 Å². The van der Waals surface area contributed by atoms with E-state index < -0.39 is 5.97 Å². The number of nitrogens with zero attached hydrogens (tertiary/aromatic N) is 2. The molecule has 6 heteroatoms. The van der Waals surface area contributed by atoms with Crippen LogP contribution in [-0.4, -0.2) is 22.0 Å². The number of carboxylic acids is 1. The molecule has 1 amide bonds. The average molecular weight is 210 g/mol. The van der Waals surface area contributed by atoms with E-state index in [1.165, 1.54) is 22.4 Å². The number of hydrogen-bond acceptors (Lipinski definition) is 4. The van der Waals surface area contributed by atoms with Gasteiger partial charge in [0.2, 0.25) is 5.91 Å². The Morgan fingerprint density at radius 3 is 2.93 bits per heavy atom. The molecule has 0 fully saturated rings. The molecule has 0 atom stereocenters. The Bertz CT molecular complexity index is 410. The molecule has 0 radical (unpaired) electrons. The zero-order chi connectivity index (χ0) is 10.1. The van der Waals surface area contributed by atoms with Gasteiger partial charge in [-0.05, 0) is 0 Å². The number of carbonyl (C=O) groups is 2. The summed E-state index contributed by atoms with van der Waals surface area (Å²) in [4.78, 5) is 27.2. The molecule has 1 aromatic rings. The standard InChI is InChI=1S/C8H6N2O3S/c11-6-3-5(7(12)13)4-10(6)8-9-1-2-14-8/h1-2,4H,3H2,(H,12,13). The Morgan fingerprint density at radius 1 is 1.64 bits per heavy atom. The molecule has 0 unspecified atom stereocenters. The molecule has 1 aromatic heterocycles. The molecule has 14 heavy (non-hydrogen) atoms. The van der Waals surface area contributed by atoms with Crippen molar-refractivity contribution in [3.05, 3.63) is 23.3 Å². The minimum atomic E-state index is -1.06. The number of amides is 1. The third kappa shape index (κ3) is 1.39. The van der Waals surface area contributed by atoms with Crippen molar-refractivity contribution >= 4 is 28.3 Å². The van der Waals surface area contributed by atoms with Crippen molar-refractivity contribution < 1.29 is 14.7 Å². The minimum Gasteiger partial charge on any atom is -0.478 e. The Kier molecular flexibility index (Phi) is 2.05. The first-order chi connectivity index (χ1) is 6.68. The average Bonchev–Trinajstić information content (AvgIpc) is 2.71. The minimum absolute atomic E-state index is 0.0606. The van der Waals surface area contributed by atoms with Crippen LogP contribution < -0.4 is 4.90 Å². The van der Waals surface area contributed by atoms with Gasteiger partial charge in [-0.1, -0.05) is 0 Å². The van der Waals surface area contributed by atoms with Crippen LogP contribution in [0.5, 0.6) is 0 Å². The van der Waals surface area contributed by atoms with Gasteiger partial charge in [-0.15, -0.1) is 11.3 Å². The quantitative estimate of drug-likeness (QED) is 0.785. The van der Waals surface area contributed by atoms with Gasteiger partial charge in [0, 0.05) is 17.8 Å². The zero-order valence-corrected chi connectivity index (χ0v) is 7.82. The monoisotopic (exact) mass is 210 g/mol. The summed E-state index contributed by atoms with van der Waals surface area (Å²) < 4.78 is 0. The van der Waals surface area contributed by atoms with Gasteiger partial charge in [-0.3, -0.25) is 9.69 Å². The van der Waals surface area contributed by atoms with Gasteiger partial charge in [0.1, 0.15) is 0 Å². The highest BCUT2D eigenvalue weighted by atomic mass is 32.1. The summed E-state index contributed by atoms with van der Waals surface area (Å²) in [6.07, 6.45) is 2.83. The van der Waals surface area contributed by atoms with E-state index in [2.05, 4.69) is 4.98 Å². The van der Waals surface area contributed by atoms with Crippen LogP contribution in [0, 0.1) is 0 Å². The second kappa shape index (κ2) is 3.22. The lowest BCUT2D eigenvalue weighted by Gasteiger charge is -2.07. The van der Waals surface area contributed by atoms with Crippen LogP contribution >= 0.6 is 11.3 Å². The van der Waals surface area contributed by atoms with Crippen LogP contribution in [0.15, 0.2) is 23.3 Å². The molecular weight excluding hydrogens is 204 g/mol. The Balaban J connectivity index is 2.30. The summed E-state index contributed by atoms with van der Waals surface area (Å²) in [6, 6.07) is 0. The van der Waals surface area contributed by atoms with Crippen LogP contribution in [0.4, 0.5) is 5.13 Å². The molecule has 2 heterocycles. The smallest absolute Gasteiger partial charge is 0.333 e. The number of hydrogen-bond donors (Lipinski definition) is 1.